The molecule has 5 amide bonds. The van der Waals surface area contributed by atoms with Gasteiger partial charge in [-0.3, -0.25) is 24.0 Å². The standard InChI is InChI=1S/C39H56IN5O9/c1-7-24(5)34(43-31(47)21-27-15-12-16-28(19-27)54-18-17-41-39(40)53)36(49)42-29(20-26-13-10-9-11-14-26)30(46)22-32(48)44-35(25(6)8-2)37(50)45-33(23(3)4)38(51)52/h9-16,19,23-25,29-30,33-35,46H,7-8,17-18,20-22H2,1-6H3,(H,41,53)(H,42,49)(H,43,47)(H,44,48)(H,45,50)(H,51,52)/t24-,25-,29-,30-,33-,34-,35-/m0/s1. The van der Waals surface area contributed by atoms with Crippen LogP contribution in [-0.4, -0.2) is 87.1 Å². The van der Waals surface area contributed by atoms with E-state index in [1.165, 1.54) is 0 Å². The summed E-state index contributed by atoms with van der Waals surface area (Å²) < 4.78 is 5.48. The molecule has 15 heteroatoms. The van der Waals surface area contributed by atoms with Crippen LogP contribution in [0.1, 0.15) is 71.9 Å². The van der Waals surface area contributed by atoms with Gasteiger partial charge < -0.3 is 41.5 Å². The van der Waals surface area contributed by atoms with Gasteiger partial charge in [-0.25, -0.2) is 4.79 Å². The Hall–Kier alpha value is -4.25. The van der Waals surface area contributed by atoms with Gasteiger partial charge in [-0.2, -0.15) is 0 Å². The van der Waals surface area contributed by atoms with Crippen LogP contribution in [0.15, 0.2) is 54.6 Å². The molecule has 0 bridgehead atoms. The third kappa shape index (κ3) is 16.0. The number of aliphatic hydroxyl groups excluding tert-OH is 1. The number of ether oxygens (including phenoxy) is 1. The first-order valence-electron chi connectivity index (χ1n) is 18.3. The number of rotatable bonds is 23. The van der Waals surface area contributed by atoms with Gasteiger partial charge in [0, 0.05) is 22.6 Å². The summed E-state index contributed by atoms with van der Waals surface area (Å²) in [6.07, 6.45) is -0.656. The molecule has 0 aliphatic carbocycles. The smallest absolute Gasteiger partial charge is 0.326 e. The highest BCUT2D eigenvalue weighted by Crippen LogP contribution is 2.17. The molecule has 0 saturated carbocycles. The maximum absolute atomic E-state index is 13.9. The van der Waals surface area contributed by atoms with Crippen molar-refractivity contribution in [2.75, 3.05) is 13.2 Å². The van der Waals surface area contributed by atoms with Crippen molar-refractivity contribution in [1.82, 2.24) is 26.6 Å². The van der Waals surface area contributed by atoms with Crippen molar-refractivity contribution in [3.8, 4) is 5.75 Å². The van der Waals surface area contributed by atoms with Crippen LogP contribution in [0.25, 0.3) is 0 Å². The van der Waals surface area contributed by atoms with Gasteiger partial charge in [0.2, 0.25) is 23.6 Å². The average Bonchev–Trinajstić information content (AvgIpc) is 3.12. The number of carboxylic acid groups (broad SMARTS) is 1. The summed E-state index contributed by atoms with van der Waals surface area (Å²) in [5.41, 5.74) is 1.44. The monoisotopic (exact) mass is 865 g/mol. The molecule has 7 N–H and O–H groups in total. The van der Waals surface area contributed by atoms with Crippen molar-refractivity contribution in [2.24, 2.45) is 17.8 Å². The lowest BCUT2D eigenvalue weighted by molar-refractivity contribution is -0.143. The quantitative estimate of drug-likeness (QED) is 0.0377. The van der Waals surface area contributed by atoms with Crippen LogP contribution in [-0.2, 0) is 36.8 Å². The van der Waals surface area contributed by atoms with Crippen LogP contribution in [0.4, 0.5) is 4.79 Å². The molecule has 2 rings (SSSR count). The highest BCUT2D eigenvalue weighted by molar-refractivity contribution is 14.1. The van der Waals surface area contributed by atoms with Gasteiger partial charge in [0.1, 0.15) is 30.5 Å². The zero-order valence-corrected chi connectivity index (χ0v) is 34.1. The summed E-state index contributed by atoms with van der Waals surface area (Å²) in [6.45, 7) is 11.2. The van der Waals surface area contributed by atoms with Crippen molar-refractivity contribution in [3.05, 3.63) is 65.7 Å². The fourth-order valence-corrected chi connectivity index (χ4v) is 5.89. The highest BCUT2D eigenvalue weighted by Gasteiger charge is 2.34. The molecule has 0 spiro atoms. The lowest BCUT2D eigenvalue weighted by Gasteiger charge is -2.30. The maximum atomic E-state index is 13.9. The lowest BCUT2D eigenvalue weighted by Crippen LogP contribution is -2.57. The first kappa shape index (κ1) is 45.9. The van der Waals surface area contributed by atoms with Gasteiger partial charge in [-0.05, 0) is 47.4 Å². The van der Waals surface area contributed by atoms with Crippen LogP contribution in [0.3, 0.4) is 0 Å². The normalized spacial score (nSPS) is 15.0. The molecule has 2 aromatic carbocycles. The molecule has 2 aromatic rings. The van der Waals surface area contributed by atoms with Crippen molar-refractivity contribution >= 4 is 56.1 Å². The fraction of sp³-hybridized carbons (Fsp3) is 0.538. The van der Waals surface area contributed by atoms with E-state index in [0.717, 1.165) is 5.56 Å². The molecule has 0 heterocycles. The van der Waals surface area contributed by atoms with E-state index in [1.807, 2.05) is 51.1 Å². The first-order valence-corrected chi connectivity index (χ1v) is 19.4. The van der Waals surface area contributed by atoms with E-state index in [4.69, 9.17) is 4.74 Å². The van der Waals surface area contributed by atoms with E-state index in [0.29, 0.717) is 30.7 Å². The molecule has 54 heavy (non-hydrogen) atoms. The first-order chi connectivity index (χ1) is 25.6. The van der Waals surface area contributed by atoms with E-state index < -0.39 is 72.2 Å². The zero-order chi connectivity index (χ0) is 40.4. The van der Waals surface area contributed by atoms with E-state index in [2.05, 4.69) is 26.6 Å². The number of halogens is 1. The summed E-state index contributed by atoms with van der Waals surface area (Å²) in [5, 5.41) is 34.6. The molecule has 0 fully saturated rings. The molecule has 0 saturated heterocycles. The Labute approximate surface area is 331 Å². The SMILES string of the molecule is CC[C@H](C)[C@H](NC(=O)C[C@H](O)[C@H](Cc1ccccc1)NC(=O)[C@@H](NC(=O)Cc1cccc(OCCNC(=O)I)c1)[C@@H](C)CC)C(=O)N[C@H](C(=O)O)C(C)C. The number of carboxylic acids is 1. The molecule has 7 atom stereocenters. The number of carbonyl (C=O) groups excluding carboxylic acids is 5. The number of amides is 5. The van der Waals surface area contributed by atoms with E-state index in [9.17, 15) is 39.0 Å². The summed E-state index contributed by atoms with van der Waals surface area (Å²) in [5.74, 6) is -3.93. The number of carbonyl (C=O) groups is 6. The van der Waals surface area contributed by atoms with E-state index >= 15 is 0 Å². The Morgan fingerprint density at radius 1 is 0.741 bits per heavy atom. The van der Waals surface area contributed by atoms with Crippen LogP contribution < -0.4 is 31.3 Å². The van der Waals surface area contributed by atoms with Crippen molar-refractivity contribution in [1.29, 1.82) is 0 Å². The Morgan fingerprint density at radius 2 is 1.31 bits per heavy atom. The van der Waals surface area contributed by atoms with Gasteiger partial charge in [0.15, 0.2) is 0 Å². The second-order valence-electron chi connectivity index (χ2n) is 13.9. The number of aliphatic hydroxyl groups is 1. The fourth-order valence-electron chi connectivity index (χ4n) is 5.62. The maximum Gasteiger partial charge on any atom is 0.326 e. The Bertz CT molecular complexity index is 1540. The molecule has 0 aromatic heterocycles. The van der Waals surface area contributed by atoms with Crippen molar-refractivity contribution in [2.45, 2.75) is 104 Å². The molecule has 0 unspecified atom stereocenters. The summed E-state index contributed by atoms with van der Waals surface area (Å²) in [7, 11) is 0. The topological polar surface area (TPSA) is 212 Å². The number of hydrogen-bond acceptors (Lipinski definition) is 8. The largest absolute Gasteiger partial charge is 0.492 e. The van der Waals surface area contributed by atoms with Gasteiger partial charge >= 0.3 is 5.97 Å². The summed E-state index contributed by atoms with van der Waals surface area (Å²) >= 11 is 1.64. The predicted octanol–water partition coefficient (Wildman–Crippen LogP) is 3.52. The molecule has 14 nitrogen and oxygen atoms in total. The average molecular weight is 866 g/mol. The van der Waals surface area contributed by atoms with Crippen molar-refractivity contribution in [3.63, 3.8) is 0 Å². The number of aliphatic carboxylic acids is 1. The van der Waals surface area contributed by atoms with Crippen LogP contribution in [0.5, 0.6) is 5.75 Å². The Morgan fingerprint density at radius 3 is 1.87 bits per heavy atom. The van der Waals surface area contributed by atoms with Crippen LogP contribution in [0.2, 0.25) is 0 Å². The minimum absolute atomic E-state index is 0.0343. The van der Waals surface area contributed by atoms with E-state index in [1.54, 1.807) is 67.6 Å². The van der Waals surface area contributed by atoms with Gasteiger partial charge in [0.05, 0.1) is 31.5 Å². The summed E-state index contributed by atoms with van der Waals surface area (Å²) in [4.78, 5) is 76.5. The number of nitrogens with one attached hydrogen (secondary N) is 5. The number of hydrogen-bond donors (Lipinski definition) is 7. The second-order valence-corrected chi connectivity index (χ2v) is 14.9. The third-order valence-corrected chi connectivity index (χ3v) is 9.62. The van der Waals surface area contributed by atoms with Crippen LogP contribution in [0, 0.1) is 17.8 Å². The van der Waals surface area contributed by atoms with Crippen LogP contribution >= 0.6 is 22.6 Å². The lowest BCUT2D eigenvalue weighted by atomic mass is 9.94. The summed E-state index contributed by atoms with van der Waals surface area (Å²) in [6, 6.07) is 12.0. The molecule has 298 valence electrons. The van der Waals surface area contributed by atoms with Crippen molar-refractivity contribution < 1.29 is 43.7 Å². The Kier molecular flexibility index (Phi) is 20.0. The highest BCUT2D eigenvalue weighted by atomic mass is 127. The second kappa shape index (κ2) is 23.5. The molecular formula is C39H56IN5O9. The predicted molar refractivity (Wildman–Crippen MR) is 213 cm³/mol. The minimum Gasteiger partial charge on any atom is -0.492 e. The third-order valence-electron chi connectivity index (χ3n) is 9.24. The zero-order valence-electron chi connectivity index (χ0n) is 31.9. The molecule has 0 aliphatic heterocycles. The molecule has 0 radical (unpaired) electrons. The molecular weight excluding hydrogens is 809 g/mol. The number of benzene rings is 2. The van der Waals surface area contributed by atoms with Gasteiger partial charge in [-0.15, -0.1) is 0 Å². The van der Waals surface area contributed by atoms with Gasteiger partial charge in [0.25, 0.3) is 3.91 Å². The molecule has 0 aliphatic rings. The van der Waals surface area contributed by atoms with E-state index in [-0.39, 0.29) is 35.2 Å². The Balaban J connectivity index is 2.21. The minimum atomic E-state index is -1.39. The van der Waals surface area contributed by atoms with Gasteiger partial charge in [-0.1, -0.05) is 96.8 Å².